The van der Waals surface area contributed by atoms with Crippen LogP contribution in [-0.4, -0.2) is 51.4 Å². The molecular weight excluding hydrogens is 406 g/mol. The second-order valence-electron chi connectivity index (χ2n) is 8.50. The van der Waals surface area contributed by atoms with E-state index in [0.29, 0.717) is 30.6 Å². The van der Waals surface area contributed by atoms with Crippen LogP contribution in [0, 0.1) is 6.92 Å². The molecule has 8 nitrogen and oxygen atoms in total. The Kier molecular flexibility index (Phi) is 6.03. The minimum Gasteiger partial charge on any atom is -0.330 e. The predicted molar refractivity (Wildman–Crippen MR) is 123 cm³/mol. The molecule has 2 aliphatic heterocycles. The summed E-state index contributed by atoms with van der Waals surface area (Å²) in [6, 6.07) is 3.93. The average molecular weight is 434 g/mol. The fraction of sp³-hybridized carbons (Fsp3) is 0.375. The summed E-state index contributed by atoms with van der Waals surface area (Å²) in [5.74, 6) is 0.537. The van der Waals surface area contributed by atoms with Crippen LogP contribution in [0.2, 0.25) is 0 Å². The van der Waals surface area contributed by atoms with Crippen molar-refractivity contribution in [3.05, 3.63) is 53.0 Å². The van der Waals surface area contributed by atoms with E-state index in [1.807, 2.05) is 30.2 Å². The molecule has 1 unspecified atom stereocenters. The number of nitrogens with one attached hydrogen (secondary N) is 1. The highest BCUT2D eigenvalue weighted by atomic mass is 16.2. The number of nitrogens with zero attached hydrogens (tertiary/aromatic N) is 4. The van der Waals surface area contributed by atoms with Crippen LogP contribution in [0.1, 0.15) is 57.8 Å². The van der Waals surface area contributed by atoms with Gasteiger partial charge in [0.25, 0.3) is 5.91 Å². The summed E-state index contributed by atoms with van der Waals surface area (Å²) in [6.45, 7) is 6.62. The zero-order valence-electron chi connectivity index (χ0n) is 18.4. The van der Waals surface area contributed by atoms with Crippen molar-refractivity contribution in [3.63, 3.8) is 0 Å². The molecule has 2 aliphatic rings. The van der Waals surface area contributed by atoms with Gasteiger partial charge in [-0.15, -0.1) is 0 Å². The number of fused-ring (bicyclic) bond motifs is 2. The van der Waals surface area contributed by atoms with Gasteiger partial charge in [0.2, 0.25) is 5.91 Å². The van der Waals surface area contributed by atoms with Gasteiger partial charge < -0.3 is 14.8 Å². The first-order valence-corrected chi connectivity index (χ1v) is 10.8. The summed E-state index contributed by atoms with van der Waals surface area (Å²) < 4.78 is 1.57. The Morgan fingerprint density at radius 3 is 2.91 bits per heavy atom. The van der Waals surface area contributed by atoms with Crippen LogP contribution in [-0.2, 0) is 18.3 Å². The van der Waals surface area contributed by atoms with Crippen LogP contribution in [0.5, 0.6) is 0 Å². The number of rotatable bonds is 7. The molecule has 2 aromatic rings. The highest BCUT2D eigenvalue weighted by Crippen LogP contribution is 2.32. The maximum absolute atomic E-state index is 13.0. The van der Waals surface area contributed by atoms with Crippen LogP contribution in [0.25, 0.3) is 0 Å². The predicted octanol–water partition coefficient (Wildman–Crippen LogP) is 3.38. The van der Waals surface area contributed by atoms with Gasteiger partial charge in [0.15, 0.2) is 17.9 Å². The van der Waals surface area contributed by atoms with E-state index in [9.17, 15) is 14.4 Å². The zero-order valence-corrected chi connectivity index (χ0v) is 18.4. The van der Waals surface area contributed by atoms with Gasteiger partial charge in [-0.25, -0.2) is 4.98 Å². The smallest absolute Gasteiger partial charge is 0.256 e. The molecule has 0 aliphatic carbocycles. The van der Waals surface area contributed by atoms with Crippen LogP contribution >= 0.6 is 0 Å². The Hall–Kier alpha value is -3.55. The van der Waals surface area contributed by atoms with Gasteiger partial charge in [0.05, 0.1) is 17.3 Å². The van der Waals surface area contributed by atoms with E-state index in [0.717, 1.165) is 48.1 Å². The van der Waals surface area contributed by atoms with Gasteiger partial charge in [-0.1, -0.05) is 12.2 Å². The zero-order chi connectivity index (χ0) is 22.8. The van der Waals surface area contributed by atoms with Crippen LogP contribution in [0.4, 0.5) is 11.5 Å². The van der Waals surface area contributed by atoms with Crippen molar-refractivity contribution < 1.29 is 14.4 Å². The van der Waals surface area contributed by atoms with Crippen molar-refractivity contribution in [3.8, 4) is 0 Å². The van der Waals surface area contributed by atoms with Crippen molar-refractivity contribution in [1.82, 2.24) is 14.5 Å². The molecular formula is C24H27N5O3. The van der Waals surface area contributed by atoms with E-state index in [4.69, 9.17) is 0 Å². The monoisotopic (exact) mass is 433 g/mol. The minimum absolute atomic E-state index is 0.00798. The third-order valence-corrected chi connectivity index (χ3v) is 6.01. The maximum atomic E-state index is 13.0. The third-order valence-electron chi connectivity index (χ3n) is 6.01. The minimum atomic E-state index is -0.128. The molecule has 0 radical (unpaired) electrons. The second-order valence-corrected chi connectivity index (χ2v) is 8.50. The van der Waals surface area contributed by atoms with Gasteiger partial charge in [0, 0.05) is 32.4 Å². The molecule has 166 valence electrons. The first-order valence-electron chi connectivity index (χ1n) is 10.8. The molecule has 0 saturated carbocycles. The Labute approximate surface area is 187 Å². The Bertz CT molecular complexity index is 1130. The molecule has 1 N–H and O–H groups in total. The fourth-order valence-corrected chi connectivity index (χ4v) is 4.25. The van der Waals surface area contributed by atoms with Crippen molar-refractivity contribution in [1.29, 1.82) is 0 Å². The lowest BCUT2D eigenvalue weighted by molar-refractivity contribution is -0.116. The molecule has 1 saturated heterocycles. The molecule has 32 heavy (non-hydrogen) atoms. The number of carbonyl (C=O) groups is 3. The molecule has 2 amide bonds. The summed E-state index contributed by atoms with van der Waals surface area (Å²) >= 11 is 0. The number of anilines is 1. The number of unbranched alkanes of at least 4 members (excludes halogenated alkanes) is 1. The molecule has 8 heteroatoms. The standard InChI is InChI=1S/C24H27N5O3/c1-15-8-18-11-25-20-10-17(16(2)9-19(20)24(32)29(18)12-15)6-4-5-7-23(31)27-21-13-28(3)22(14-30)26-21/h9-11,13-14,18H,1,4-8,12H2,2-3H3,(H,27,31). The van der Waals surface area contributed by atoms with E-state index in [1.54, 1.807) is 17.8 Å². The molecule has 1 fully saturated rings. The SMILES string of the molecule is C=C1CC2C=Nc3cc(CCCCC(=O)Nc4cn(C)c(C=O)n4)c(C)cc3C(=O)N2C1. The van der Waals surface area contributed by atoms with Gasteiger partial charge in [-0.3, -0.25) is 19.4 Å². The number of aromatic nitrogens is 2. The number of imidazole rings is 1. The molecule has 4 rings (SSSR count). The van der Waals surface area contributed by atoms with Crippen molar-refractivity contribution in [2.45, 2.75) is 45.1 Å². The molecule has 3 heterocycles. The van der Waals surface area contributed by atoms with E-state index >= 15 is 0 Å². The summed E-state index contributed by atoms with van der Waals surface area (Å²) in [4.78, 5) is 46.5. The van der Waals surface area contributed by atoms with E-state index < -0.39 is 0 Å². The Balaban J connectivity index is 1.34. The molecule has 0 bridgehead atoms. The summed E-state index contributed by atoms with van der Waals surface area (Å²) in [5.41, 5.74) is 4.62. The number of aliphatic imine (C=N–C) groups is 1. The molecule has 1 aromatic heterocycles. The largest absolute Gasteiger partial charge is 0.330 e. The lowest BCUT2D eigenvalue weighted by Gasteiger charge is -2.20. The lowest BCUT2D eigenvalue weighted by atomic mass is 9.98. The second kappa shape index (κ2) is 8.90. The van der Waals surface area contributed by atoms with Gasteiger partial charge in [-0.2, -0.15) is 0 Å². The van der Waals surface area contributed by atoms with Crippen LogP contribution in [0.3, 0.4) is 0 Å². The number of amides is 2. The number of aryl methyl sites for hydroxylation is 3. The topological polar surface area (TPSA) is 96.7 Å². The van der Waals surface area contributed by atoms with Crippen LogP contribution < -0.4 is 5.32 Å². The number of hydrogen-bond donors (Lipinski definition) is 1. The summed E-state index contributed by atoms with van der Waals surface area (Å²) in [6.07, 6.45) is 7.62. The number of hydrogen-bond acceptors (Lipinski definition) is 5. The van der Waals surface area contributed by atoms with Gasteiger partial charge >= 0.3 is 0 Å². The maximum Gasteiger partial charge on any atom is 0.256 e. The normalized spacial score (nSPS) is 17.2. The van der Waals surface area contributed by atoms with Gasteiger partial charge in [0.1, 0.15) is 0 Å². The lowest BCUT2D eigenvalue weighted by Crippen LogP contribution is -2.35. The van der Waals surface area contributed by atoms with E-state index in [1.165, 1.54) is 0 Å². The van der Waals surface area contributed by atoms with E-state index in [-0.39, 0.29) is 23.7 Å². The van der Waals surface area contributed by atoms with Gasteiger partial charge in [-0.05, 0) is 55.9 Å². The first-order chi connectivity index (χ1) is 15.4. The summed E-state index contributed by atoms with van der Waals surface area (Å²) in [7, 11) is 1.70. The Morgan fingerprint density at radius 1 is 1.34 bits per heavy atom. The highest BCUT2D eigenvalue weighted by Gasteiger charge is 2.33. The van der Waals surface area contributed by atoms with Crippen molar-refractivity contribution >= 4 is 35.8 Å². The number of aldehydes is 1. The highest BCUT2D eigenvalue weighted by molar-refractivity contribution is 6.03. The Morgan fingerprint density at radius 2 is 2.16 bits per heavy atom. The van der Waals surface area contributed by atoms with Crippen LogP contribution in [0.15, 0.2) is 35.5 Å². The molecule has 0 spiro atoms. The van der Waals surface area contributed by atoms with E-state index in [2.05, 4.69) is 21.9 Å². The average Bonchev–Trinajstić information content (AvgIpc) is 3.28. The molecule has 1 atom stereocenters. The number of carbonyl (C=O) groups excluding carboxylic acids is 3. The van der Waals surface area contributed by atoms with Crippen molar-refractivity contribution in [2.24, 2.45) is 12.0 Å². The quantitative estimate of drug-likeness (QED) is 0.411. The third kappa shape index (κ3) is 4.39. The summed E-state index contributed by atoms with van der Waals surface area (Å²) in [5, 5.41) is 2.73. The van der Waals surface area contributed by atoms with Crippen molar-refractivity contribution in [2.75, 3.05) is 11.9 Å². The molecule has 1 aromatic carbocycles. The first kappa shape index (κ1) is 21.7. The number of benzene rings is 1. The fourth-order valence-electron chi connectivity index (χ4n) is 4.25.